The number of fused-ring (bicyclic) bond motifs is 1. The van der Waals surface area contributed by atoms with Gasteiger partial charge in [0.25, 0.3) is 0 Å². The Morgan fingerprint density at radius 1 is 1.44 bits per heavy atom. The molecule has 0 aromatic heterocycles. The average molecular weight is 217 g/mol. The maximum absolute atomic E-state index is 11.8. The summed E-state index contributed by atoms with van der Waals surface area (Å²) in [4.78, 5) is 11.8. The van der Waals surface area contributed by atoms with Crippen molar-refractivity contribution in [1.82, 2.24) is 0 Å². The summed E-state index contributed by atoms with van der Waals surface area (Å²) >= 11 is 0. The number of anilines is 1. The van der Waals surface area contributed by atoms with Gasteiger partial charge in [-0.15, -0.1) is 0 Å². The highest BCUT2D eigenvalue weighted by molar-refractivity contribution is 5.87. The van der Waals surface area contributed by atoms with Gasteiger partial charge in [0, 0.05) is 12.2 Å². The Morgan fingerprint density at radius 2 is 2.25 bits per heavy atom. The van der Waals surface area contributed by atoms with E-state index in [2.05, 4.69) is 23.5 Å². The minimum Gasteiger partial charge on any atom is -0.468 e. The normalized spacial score (nSPS) is 19.8. The molecule has 2 aliphatic rings. The monoisotopic (exact) mass is 217 g/mol. The van der Waals surface area contributed by atoms with E-state index in [0.29, 0.717) is 0 Å². The van der Waals surface area contributed by atoms with Crippen molar-refractivity contribution in [3.05, 3.63) is 29.3 Å². The molecule has 3 nitrogen and oxygen atoms in total. The summed E-state index contributed by atoms with van der Waals surface area (Å²) < 4.78 is 4.90. The van der Waals surface area contributed by atoms with Gasteiger partial charge in [-0.2, -0.15) is 0 Å². The van der Waals surface area contributed by atoms with Crippen LogP contribution in [-0.2, 0) is 21.4 Å². The smallest absolute Gasteiger partial charge is 0.316 e. The highest BCUT2D eigenvalue weighted by Crippen LogP contribution is 2.49. The Morgan fingerprint density at radius 3 is 2.94 bits per heavy atom. The summed E-state index contributed by atoms with van der Waals surface area (Å²) in [7, 11) is 1.47. The van der Waals surface area contributed by atoms with Gasteiger partial charge in [-0.25, -0.2) is 0 Å². The topological polar surface area (TPSA) is 38.3 Å². The van der Waals surface area contributed by atoms with E-state index in [-0.39, 0.29) is 11.4 Å². The number of carbonyl (C=O) groups is 1. The predicted octanol–water partition coefficient (Wildman–Crippen LogP) is 1.86. The molecule has 1 N–H and O–H groups in total. The third kappa shape index (κ3) is 1.24. The fraction of sp³-hybridized carbons (Fsp3) is 0.462. The van der Waals surface area contributed by atoms with E-state index in [1.54, 1.807) is 0 Å². The summed E-state index contributed by atoms with van der Waals surface area (Å²) in [6.45, 7) is 1.00. The van der Waals surface area contributed by atoms with E-state index in [4.69, 9.17) is 4.74 Å². The van der Waals surface area contributed by atoms with Gasteiger partial charge in [0.15, 0.2) is 0 Å². The van der Waals surface area contributed by atoms with Crippen LogP contribution in [0.4, 0.5) is 5.69 Å². The number of esters is 1. The van der Waals surface area contributed by atoms with Gasteiger partial charge in [-0.05, 0) is 36.5 Å². The van der Waals surface area contributed by atoms with Gasteiger partial charge < -0.3 is 10.1 Å². The number of carbonyl (C=O) groups excluding carboxylic acids is 1. The van der Waals surface area contributed by atoms with E-state index >= 15 is 0 Å². The van der Waals surface area contributed by atoms with Crippen LogP contribution in [0.1, 0.15) is 24.0 Å². The minimum atomic E-state index is -0.327. The number of rotatable bonds is 2. The molecule has 0 spiro atoms. The molecule has 1 aromatic rings. The van der Waals surface area contributed by atoms with Crippen LogP contribution in [0.2, 0.25) is 0 Å². The first-order valence-corrected chi connectivity index (χ1v) is 5.72. The zero-order valence-electron chi connectivity index (χ0n) is 9.38. The second kappa shape index (κ2) is 3.24. The number of hydrogen-bond acceptors (Lipinski definition) is 3. The Labute approximate surface area is 94.8 Å². The van der Waals surface area contributed by atoms with Crippen molar-refractivity contribution in [2.24, 2.45) is 0 Å². The van der Waals surface area contributed by atoms with Gasteiger partial charge in [0.1, 0.15) is 0 Å². The van der Waals surface area contributed by atoms with Crippen LogP contribution < -0.4 is 5.32 Å². The van der Waals surface area contributed by atoms with Crippen molar-refractivity contribution in [3.8, 4) is 0 Å². The first kappa shape index (κ1) is 9.70. The van der Waals surface area contributed by atoms with Crippen LogP contribution in [0.3, 0.4) is 0 Å². The molecule has 0 bridgehead atoms. The summed E-state index contributed by atoms with van der Waals surface area (Å²) in [5.74, 6) is -0.0848. The molecule has 0 unspecified atom stereocenters. The molecule has 1 aliphatic carbocycles. The van der Waals surface area contributed by atoms with Crippen molar-refractivity contribution in [2.75, 3.05) is 19.0 Å². The number of benzene rings is 1. The van der Waals surface area contributed by atoms with Gasteiger partial charge in [0.05, 0.1) is 12.5 Å². The fourth-order valence-electron chi connectivity index (χ4n) is 2.53. The molecule has 1 aromatic carbocycles. The Hall–Kier alpha value is -1.51. The maximum Gasteiger partial charge on any atom is 0.316 e. The van der Waals surface area contributed by atoms with E-state index < -0.39 is 0 Å². The third-order valence-corrected chi connectivity index (χ3v) is 3.69. The largest absolute Gasteiger partial charge is 0.468 e. The second-order valence-electron chi connectivity index (χ2n) is 4.62. The molecular weight excluding hydrogens is 202 g/mol. The predicted molar refractivity (Wildman–Crippen MR) is 61.6 cm³/mol. The van der Waals surface area contributed by atoms with E-state index in [0.717, 1.165) is 31.4 Å². The number of methoxy groups -OCH3 is 1. The summed E-state index contributed by atoms with van der Waals surface area (Å²) in [5, 5.41) is 3.33. The molecule has 1 saturated carbocycles. The molecule has 1 heterocycles. The SMILES string of the molecule is COC(=O)C1(c2ccc3c(c2)CCN3)CC1. The molecule has 84 valence electrons. The minimum absolute atomic E-state index is 0.0848. The van der Waals surface area contributed by atoms with Crippen LogP contribution in [-0.4, -0.2) is 19.6 Å². The molecule has 1 aliphatic heterocycles. The number of ether oxygens (including phenoxy) is 1. The first-order valence-electron chi connectivity index (χ1n) is 5.72. The zero-order chi connectivity index (χ0) is 11.2. The summed E-state index contributed by atoms with van der Waals surface area (Å²) in [6.07, 6.45) is 2.90. The molecule has 3 rings (SSSR count). The second-order valence-corrected chi connectivity index (χ2v) is 4.62. The van der Waals surface area contributed by atoms with E-state index in [1.165, 1.54) is 18.4 Å². The van der Waals surface area contributed by atoms with Gasteiger partial charge in [-0.1, -0.05) is 12.1 Å². The quantitative estimate of drug-likeness (QED) is 0.768. The lowest BCUT2D eigenvalue weighted by Crippen LogP contribution is -2.21. The molecule has 3 heteroatoms. The third-order valence-electron chi connectivity index (χ3n) is 3.69. The zero-order valence-corrected chi connectivity index (χ0v) is 9.38. The van der Waals surface area contributed by atoms with Crippen LogP contribution in [0.15, 0.2) is 18.2 Å². The Kier molecular flexibility index (Phi) is 1.96. The van der Waals surface area contributed by atoms with Crippen molar-refractivity contribution in [1.29, 1.82) is 0 Å². The molecule has 0 amide bonds. The van der Waals surface area contributed by atoms with Gasteiger partial charge in [0.2, 0.25) is 0 Å². The highest BCUT2D eigenvalue weighted by Gasteiger charge is 2.52. The summed E-state index contributed by atoms with van der Waals surface area (Å²) in [6, 6.07) is 6.31. The molecule has 0 saturated heterocycles. The molecule has 0 atom stereocenters. The lowest BCUT2D eigenvalue weighted by Gasteiger charge is -2.14. The number of hydrogen-bond donors (Lipinski definition) is 1. The Bertz CT molecular complexity index is 449. The van der Waals surface area contributed by atoms with Gasteiger partial charge in [-0.3, -0.25) is 4.79 Å². The van der Waals surface area contributed by atoms with Crippen molar-refractivity contribution in [3.63, 3.8) is 0 Å². The van der Waals surface area contributed by atoms with Crippen LogP contribution >= 0.6 is 0 Å². The van der Waals surface area contributed by atoms with Crippen molar-refractivity contribution in [2.45, 2.75) is 24.7 Å². The molecule has 0 radical (unpaired) electrons. The molecule has 16 heavy (non-hydrogen) atoms. The maximum atomic E-state index is 11.8. The van der Waals surface area contributed by atoms with Gasteiger partial charge >= 0.3 is 5.97 Å². The van der Waals surface area contributed by atoms with Crippen molar-refractivity contribution >= 4 is 11.7 Å². The standard InChI is InChI=1S/C13H15NO2/c1-16-12(15)13(5-6-13)10-2-3-11-9(8-10)4-7-14-11/h2-3,8,14H,4-7H2,1H3. The summed E-state index contributed by atoms with van der Waals surface area (Å²) in [5.41, 5.74) is 3.34. The van der Waals surface area contributed by atoms with Crippen LogP contribution in [0.25, 0.3) is 0 Å². The fourth-order valence-corrected chi connectivity index (χ4v) is 2.53. The van der Waals surface area contributed by atoms with Crippen LogP contribution in [0.5, 0.6) is 0 Å². The van der Waals surface area contributed by atoms with E-state index in [1.807, 2.05) is 0 Å². The molecule has 1 fully saturated rings. The molecular formula is C13H15NO2. The van der Waals surface area contributed by atoms with E-state index in [9.17, 15) is 4.79 Å². The first-order chi connectivity index (χ1) is 7.76. The average Bonchev–Trinajstić information content (AvgIpc) is 3.00. The number of nitrogens with one attached hydrogen (secondary N) is 1. The Balaban J connectivity index is 1.99. The van der Waals surface area contributed by atoms with Crippen molar-refractivity contribution < 1.29 is 9.53 Å². The lowest BCUT2D eigenvalue weighted by molar-refractivity contribution is -0.143. The lowest BCUT2D eigenvalue weighted by atomic mass is 9.94. The highest BCUT2D eigenvalue weighted by atomic mass is 16.5. The van der Waals surface area contributed by atoms with Crippen LogP contribution in [0, 0.1) is 0 Å².